The summed E-state index contributed by atoms with van der Waals surface area (Å²) in [5.74, 6) is 1.85. The molecule has 0 aliphatic rings. The lowest BCUT2D eigenvalue weighted by Crippen LogP contribution is -1.85. The first-order valence-corrected chi connectivity index (χ1v) is 9.16. The van der Waals surface area contributed by atoms with Crippen LogP contribution in [0.15, 0.2) is 62.7 Å². The highest BCUT2D eigenvalue weighted by atomic mass is 35.5. The van der Waals surface area contributed by atoms with E-state index in [4.69, 9.17) is 20.5 Å². The van der Waals surface area contributed by atoms with Crippen molar-refractivity contribution in [3.8, 4) is 22.9 Å². The Balaban J connectivity index is 1.44. The van der Waals surface area contributed by atoms with E-state index in [1.54, 1.807) is 6.07 Å². The summed E-state index contributed by atoms with van der Waals surface area (Å²) in [6.45, 7) is 2.03. The first-order valence-electron chi connectivity index (χ1n) is 7.80. The fourth-order valence-corrected chi connectivity index (χ4v) is 3.09. The Labute approximate surface area is 158 Å². The number of benzene rings is 2. The minimum absolute atomic E-state index is 0.386. The molecule has 4 rings (SSSR count). The smallest absolute Gasteiger partial charge is 0.277 e. The zero-order chi connectivity index (χ0) is 17.9. The summed E-state index contributed by atoms with van der Waals surface area (Å²) in [5, 5.41) is 13.1. The van der Waals surface area contributed by atoms with Gasteiger partial charge in [0.1, 0.15) is 0 Å². The minimum Gasteiger partial charge on any atom is -0.411 e. The molecule has 0 N–H and O–H groups in total. The van der Waals surface area contributed by atoms with Crippen LogP contribution >= 0.6 is 23.4 Å². The highest BCUT2D eigenvalue weighted by Crippen LogP contribution is 2.28. The van der Waals surface area contributed by atoms with Crippen molar-refractivity contribution in [3.63, 3.8) is 0 Å². The Hall–Kier alpha value is -2.64. The Morgan fingerprint density at radius 3 is 2.62 bits per heavy atom. The van der Waals surface area contributed by atoms with Crippen molar-refractivity contribution in [3.05, 3.63) is 64.9 Å². The number of nitrogens with zero attached hydrogens (tertiary/aromatic N) is 4. The normalized spacial score (nSPS) is 11.0. The van der Waals surface area contributed by atoms with Gasteiger partial charge < -0.3 is 8.94 Å². The number of halogens is 1. The van der Waals surface area contributed by atoms with Gasteiger partial charge in [0.2, 0.25) is 5.89 Å². The standard InChI is InChI=1S/C18H13ClN4O2S/c1-11-6-8-12(9-7-11)16-21-22-18(24-16)26-10-15-20-17(25-23-15)13-4-2-3-5-14(13)19/h2-9H,10H2,1H3. The van der Waals surface area contributed by atoms with E-state index < -0.39 is 0 Å². The van der Waals surface area contributed by atoms with E-state index in [0.29, 0.717) is 39.2 Å². The number of rotatable bonds is 5. The topological polar surface area (TPSA) is 77.8 Å². The van der Waals surface area contributed by atoms with Crippen molar-refractivity contribution in [1.29, 1.82) is 0 Å². The molecule has 4 aromatic rings. The van der Waals surface area contributed by atoms with Crippen molar-refractivity contribution in [2.75, 3.05) is 0 Å². The molecule has 0 bridgehead atoms. The van der Waals surface area contributed by atoms with Crippen molar-refractivity contribution < 1.29 is 8.94 Å². The highest BCUT2D eigenvalue weighted by Gasteiger charge is 2.14. The summed E-state index contributed by atoms with van der Waals surface area (Å²) in [6, 6.07) is 15.2. The number of thioether (sulfide) groups is 1. The van der Waals surface area contributed by atoms with E-state index in [0.717, 1.165) is 5.56 Å². The molecule has 0 radical (unpaired) electrons. The van der Waals surface area contributed by atoms with Gasteiger partial charge in [0.05, 0.1) is 16.3 Å². The molecule has 130 valence electrons. The lowest BCUT2D eigenvalue weighted by Gasteiger charge is -1.96. The summed E-state index contributed by atoms with van der Waals surface area (Å²) in [6.07, 6.45) is 0. The fraction of sp³-hybridized carbons (Fsp3) is 0.111. The summed E-state index contributed by atoms with van der Waals surface area (Å²) >= 11 is 7.49. The molecule has 8 heteroatoms. The van der Waals surface area contributed by atoms with E-state index in [9.17, 15) is 0 Å². The van der Waals surface area contributed by atoms with Crippen LogP contribution in [0, 0.1) is 6.92 Å². The zero-order valence-electron chi connectivity index (χ0n) is 13.7. The molecule has 0 unspecified atom stereocenters. The molecule has 0 amide bonds. The second-order valence-corrected chi connectivity index (χ2v) is 6.86. The van der Waals surface area contributed by atoms with Gasteiger partial charge in [-0.25, -0.2) is 0 Å². The maximum absolute atomic E-state index is 6.15. The summed E-state index contributed by atoms with van der Waals surface area (Å²) < 4.78 is 11.0. The molecule has 0 saturated heterocycles. The first kappa shape index (κ1) is 16.8. The average molecular weight is 385 g/mol. The van der Waals surface area contributed by atoms with Crippen LogP contribution in [0.3, 0.4) is 0 Å². The van der Waals surface area contributed by atoms with Gasteiger partial charge in [-0.3, -0.25) is 0 Å². The van der Waals surface area contributed by atoms with E-state index in [1.807, 2.05) is 49.4 Å². The van der Waals surface area contributed by atoms with Gasteiger partial charge in [-0.2, -0.15) is 4.98 Å². The largest absolute Gasteiger partial charge is 0.411 e. The summed E-state index contributed by atoms with van der Waals surface area (Å²) in [7, 11) is 0. The Kier molecular flexibility index (Phi) is 4.73. The van der Waals surface area contributed by atoms with E-state index in [2.05, 4.69) is 20.3 Å². The minimum atomic E-state index is 0.386. The third kappa shape index (κ3) is 3.63. The molecule has 2 aromatic carbocycles. The predicted octanol–water partition coefficient (Wildman–Crippen LogP) is 5.04. The van der Waals surface area contributed by atoms with Crippen LogP contribution in [0.5, 0.6) is 0 Å². The van der Waals surface area contributed by atoms with Gasteiger partial charge in [-0.15, -0.1) is 10.2 Å². The van der Waals surface area contributed by atoms with Crippen LogP contribution in [-0.2, 0) is 5.75 Å². The molecule has 0 spiro atoms. The van der Waals surface area contributed by atoms with Gasteiger partial charge in [0.15, 0.2) is 5.82 Å². The van der Waals surface area contributed by atoms with Crippen molar-refractivity contribution in [1.82, 2.24) is 20.3 Å². The number of hydrogen-bond acceptors (Lipinski definition) is 7. The SMILES string of the molecule is Cc1ccc(-c2nnc(SCc3noc(-c4ccccc4Cl)n3)o2)cc1. The Morgan fingerprint density at radius 2 is 1.81 bits per heavy atom. The van der Waals surface area contributed by atoms with Gasteiger partial charge in [-0.05, 0) is 31.2 Å². The van der Waals surface area contributed by atoms with E-state index in [-0.39, 0.29) is 0 Å². The molecule has 0 aliphatic carbocycles. The van der Waals surface area contributed by atoms with Crippen LogP contribution in [0.2, 0.25) is 5.02 Å². The molecular formula is C18H13ClN4O2S. The van der Waals surface area contributed by atoms with Crippen molar-refractivity contribution >= 4 is 23.4 Å². The number of hydrogen-bond donors (Lipinski definition) is 0. The van der Waals surface area contributed by atoms with Crippen molar-refractivity contribution in [2.45, 2.75) is 17.9 Å². The molecule has 0 aliphatic heterocycles. The Morgan fingerprint density at radius 1 is 1.00 bits per heavy atom. The zero-order valence-corrected chi connectivity index (χ0v) is 15.3. The van der Waals surface area contributed by atoms with Gasteiger partial charge in [-0.1, -0.05) is 58.3 Å². The molecule has 0 atom stereocenters. The molecule has 0 fully saturated rings. The average Bonchev–Trinajstić information content (AvgIpc) is 3.30. The molecule has 0 saturated carbocycles. The lowest BCUT2D eigenvalue weighted by atomic mass is 10.1. The summed E-state index contributed by atoms with van der Waals surface area (Å²) in [5.41, 5.74) is 2.77. The predicted molar refractivity (Wildman–Crippen MR) is 98.8 cm³/mol. The molecule has 2 aromatic heterocycles. The second kappa shape index (κ2) is 7.31. The third-order valence-corrected chi connectivity index (χ3v) is 4.75. The quantitative estimate of drug-likeness (QED) is 0.446. The number of aromatic nitrogens is 4. The van der Waals surface area contributed by atoms with Crippen LogP contribution in [-0.4, -0.2) is 20.3 Å². The Bertz CT molecular complexity index is 1030. The summed E-state index contributed by atoms with van der Waals surface area (Å²) in [4.78, 5) is 4.36. The number of aryl methyl sites for hydroxylation is 1. The van der Waals surface area contributed by atoms with Crippen LogP contribution in [0.25, 0.3) is 22.9 Å². The lowest BCUT2D eigenvalue weighted by molar-refractivity contribution is 0.425. The maximum Gasteiger partial charge on any atom is 0.277 e. The van der Waals surface area contributed by atoms with Gasteiger partial charge >= 0.3 is 0 Å². The van der Waals surface area contributed by atoms with Gasteiger partial charge in [0, 0.05) is 5.56 Å². The van der Waals surface area contributed by atoms with E-state index >= 15 is 0 Å². The van der Waals surface area contributed by atoms with Crippen molar-refractivity contribution in [2.24, 2.45) is 0 Å². The van der Waals surface area contributed by atoms with Crippen LogP contribution in [0.1, 0.15) is 11.4 Å². The van der Waals surface area contributed by atoms with Crippen LogP contribution < -0.4 is 0 Å². The highest BCUT2D eigenvalue weighted by molar-refractivity contribution is 7.98. The fourth-order valence-electron chi connectivity index (χ4n) is 2.26. The molecular weight excluding hydrogens is 372 g/mol. The monoisotopic (exact) mass is 384 g/mol. The molecule has 2 heterocycles. The molecule has 6 nitrogen and oxygen atoms in total. The third-order valence-electron chi connectivity index (χ3n) is 3.60. The maximum atomic E-state index is 6.15. The van der Waals surface area contributed by atoms with Gasteiger partial charge in [0.25, 0.3) is 11.1 Å². The first-order chi connectivity index (χ1) is 12.7. The molecule has 26 heavy (non-hydrogen) atoms. The van der Waals surface area contributed by atoms with E-state index in [1.165, 1.54) is 17.3 Å². The van der Waals surface area contributed by atoms with Crippen LogP contribution in [0.4, 0.5) is 0 Å². The second-order valence-electron chi connectivity index (χ2n) is 5.52.